The maximum Gasteiger partial charge on any atom is 0.212 e. The lowest BCUT2D eigenvalue weighted by Crippen LogP contribution is -2.28. The standard InChI is InChI=1S/C46H44O6/c1-2-39-40(28-43-51-45(49-32-36-22-12-5-13-23-36)46(52-43)50-33-37-24-14-6-15-25-37)44(38-26-16-7-17-27-38)42(48-31-35-20-10-4-11-21-35)29-41(39)47-30-34-18-8-3-9-19-34/h3-27,29,43,45-46H,2,28,30-33H2,1H3/t45-,46-/m0/s1. The van der Waals surface area contributed by atoms with Crippen molar-refractivity contribution in [3.63, 3.8) is 0 Å². The summed E-state index contributed by atoms with van der Waals surface area (Å²) in [5.74, 6) is 1.51. The summed E-state index contributed by atoms with van der Waals surface area (Å²) in [5, 5.41) is 0. The Hall–Kier alpha value is -5.24. The van der Waals surface area contributed by atoms with Crippen LogP contribution in [0.5, 0.6) is 11.5 Å². The molecule has 1 aliphatic rings. The minimum absolute atomic E-state index is 0.364. The molecule has 0 radical (unpaired) electrons. The molecule has 52 heavy (non-hydrogen) atoms. The monoisotopic (exact) mass is 692 g/mol. The Kier molecular flexibility index (Phi) is 12.0. The smallest absolute Gasteiger partial charge is 0.212 e. The van der Waals surface area contributed by atoms with E-state index in [-0.39, 0.29) is 0 Å². The molecule has 0 aromatic heterocycles. The van der Waals surface area contributed by atoms with Crippen molar-refractivity contribution < 1.29 is 28.4 Å². The number of hydrogen-bond acceptors (Lipinski definition) is 6. The third-order valence-corrected chi connectivity index (χ3v) is 9.04. The van der Waals surface area contributed by atoms with Crippen molar-refractivity contribution in [3.8, 4) is 22.6 Å². The summed E-state index contributed by atoms with van der Waals surface area (Å²) < 4.78 is 39.1. The van der Waals surface area contributed by atoms with E-state index in [0.29, 0.717) is 32.8 Å². The second-order valence-corrected chi connectivity index (χ2v) is 12.7. The van der Waals surface area contributed by atoms with Crippen molar-refractivity contribution in [1.82, 2.24) is 0 Å². The summed E-state index contributed by atoms with van der Waals surface area (Å²) in [6.45, 7) is 3.72. The van der Waals surface area contributed by atoms with Gasteiger partial charge in [0.05, 0.1) is 13.2 Å². The van der Waals surface area contributed by atoms with Gasteiger partial charge in [0.15, 0.2) is 6.29 Å². The van der Waals surface area contributed by atoms with Crippen LogP contribution in [0.25, 0.3) is 11.1 Å². The van der Waals surface area contributed by atoms with Crippen molar-refractivity contribution in [1.29, 1.82) is 0 Å². The number of hydrogen-bond donors (Lipinski definition) is 0. The van der Waals surface area contributed by atoms with Crippen LogP contribution in [-0.4, -0.2) is 18.9 Å². The molecule has 1 aliphatic heterocycles. The van der Waals surface area contributed by atoms with E-state index in [1.165, 1.54) is 0 Å². The minimum Gasteiger partial charge on any atom is -0.488 e. The Morgan fingerprint density at radius 2 is 0.865 bits per heavy atom. The van der Waals surface area contributed by atoms with Crippen molar-refractivity contribution in [3.05, 3.63) is 191 Å². The van der Waals surface area contributed by atoms with E-state index in [9.17, 15) is 0 Å². The fourth-order valence-electron chi connectivity index (χ4n) is 6.44. The molecular formula is C46H44O6. The molecule has 2 atom stereocenters. The Labute approximate surface area is 306 Å². The summed E-state index contributed by atoms with van der Waals surface area (Å²) in [4.78, 5) is 0. The van der Waals surface area contributed by atoms with E-state index in [4.69, 9.17) is 28.4 Å². The highest BCUT2D eigenvalue weighted by atomic mass is 16.9. The molecule has 0 aliphatic carbocycles. The summed E-state index contributed by atoms with van der Waals surface area (Å²) in [6, 6.07) is 52.9. The minimum atomic E-state index is -0.731. The van der Waals surface area contributed by atoms with Gasteiger partial charge in [0.1, 0.15) is 24.7 Å². The van der Waals surface area contributed by atoms with E-state index in [0.717, 1.165) is 62.4 Å². The summed E-state index contributed by atoms with van der Waals surface area (Å²) in [6.07, 6.45) is -0.961. The highest BCUT2D eigenvalue weighted by Crippen LogP contribution is 2.43. The van der Waals surface area contributed by atoms with E-state index in [1.807, 2.05) is 109 Å². The third kappa shape index (κ3) is 9.15. The van der Waals surface area contributed by atoms with Gasteiger partial charge in [0, 0.05) is 18.1 Å². The average Bonchev–Trinajstić information content (AvgIpc) is 3.60. The molecule has 0 bridgehead atoms. The predicted molar refractivity (Wildman–Crippen MR) is 203 cm³/mol. The molecule has 0 N–H and O–H groups in total. The topological polar surface area (TPSA) is 55.4 Å². The second-order valence-electron chi connectivity index (χ2n) is 12.7. The van der Waals surface area contributed by atoms with Gasteiger partial charge in [-0.1, -0.05) is 159 Å². The Balaban J connectivity index is 1.23. The molecule has 0 saturated carbocycles. The maximum absolute atomic E-state index is 6.68. The molecule has 0 unspecified atom stereocenters. The largest absolute Gasteiger partial charge is 0.488 e. The Morgan fingerprint density at radius 1 is 0.462 bits per heavy atom. The van der Waals surface area contributed by atoms with Gasteiger partial charge in [-0.2, -0.15) is 0 Å². The Morgan fingerprint density at radius 3 is 1.31 bits per heavy atom. The van der Waals surface area contributed by atoms with Crippen molar-refractivity contribution in [2.45, 2.75) is 65.1 Å². The lowest BCUT2D eigenvalue weighted by atomic mass is 9.90. The molecule has 0 spiro atoms. The first kappa shape index (κ1) is 35.2. The molecule has 264 valence electrons. The van der Waals surface area contributed by atoms with Crippen LogP contribution in [-0.2, 0) is 58.2 Å². The highest BCUT2D eigenvalue weighted by molar-refractivity contribution is 5.77. The van der Waals surface area contributed by atoms with Crippen LogP contribution in [0.4, 0.5) is 0 Å². The van der Waals surface area contributed by atoms with Gasteiger partial charge >= 0.3 is 0 Å². The van der Waals surface area contributed by atoms with E-state index in [1.54, 1.807) is 0 Å². The maximum atomic E-state index is 6.68. The zero-order valence-corrected chi connectivity index (χ0v) is 29.4. The van der Waals surface area contributed by atoms with Crippen LogP contribution >= 0.6 is 0 Å². The first-order chi connectivity index (χ1) is 25.7. The highest BCUT2D eigenvalue weighted by Gasteiger charge is 2.39. The fraction of sp³-hybridized carbons (Fsp3) is 0.217. The normalized spacial score (nSPS) is 15.8. The lowest BCUT2D eigenvalue weighted by molar-refractivity contribution is -0.200. The van der Waals surface area contributed by atoms with E-state index >= 15 is 0 Å². The summed E-state index contributed by atoms with van der Waals surface area (Å²) >= 11 is 0. The van der Waals surface area contributed by atoms with E-state index in [2.05, 4.69) is 55.5 Å². The fourth-order valence-corrected chi connectivity index (χ4v) is 6.44. The summed E-state index contributed by atoms with van der Waals surface area (Å²) in [7, 11) is 0. The van der Waals surface area contributed by atoms with Gasteiger partial charge in [-0.3, -0.25) is 0 Å². The molecule has 1 fully saturated rings. The number of ether oxygens (including phenoxy) is 6. The SMILES string of the molecule is CCc1c(OCc2ccccc2)cc(OCc2ccccc2)c(-c2ccccc2)c1CC1O[C@H](OCc2ccccc2)[C@@H](OCc2ccccc2)O1. The zero-order valence-electron chi connectivity index (χ0n) is 29.4. The van der Waals surface area contributed by atoms with Crippen LogP contribution in [0.1, 0.15) is 40.3 Å². The van der Waals surface area contributed by atoms with Gasteiger partial charge in [0.25, 0.3) is 0 Å². The molecule has 1 heterocycles. The molecule has 1 saturated heterocycles. The molecule has 6 aromatic rings. The van der Waals surface area contributed by atoms with Gasteiger partial charge in [-0.05, 0) is 45.4 Å². The first-order valence-corrected chi connectivity index (χ1v) is 17.9. The summed E-state index contributed by atoms with van der Waals surface area (Å²) in [5.41, 5.74) is 8.39. The van der Waals surface area contributed by atoms with Crippen LogP contribution in [0, 0.1) is 0 Å². The zero-order chi connectivity index (χ0) is 35.4. The number of benzene rings is 6. The van der Waals surface area contributed by atoms with Gasteiger partial charge < -0.3 is 28.4 Å². The number of rotatable bonds is 16. The van der Waals surface area contributed by atoms with Gasteiger partial charge in [0.2, 0.25) is 12.6 Å². The average molecular weight is 693 g/mol. The predicted octanol–water partition coefficient (Wildman–Crippen LogP) is 10.1. The molecular weight excluding hydrogens is 649 g/mol. The molecule has 7 rings (SSSR count). The third-order valence-electron chi connectivity index (χ3n) is 9.04. The molecule has 0 amide bonds. The van der Waals surface area contributed by atoms with Crippen LogP contribution in [0.15, 0.2) is 158 Å². The Bertz CT molecular complexity index is 1900. The van der Waals surface area contributed by atoms with Crippen LogP contribution < -0.4 is 9.47 Å². The van der Waals surface area contributed by atoms with Crippen molar-refractivity contribution in [2.75, 3.05) is 0 Å². The second kappa shape index (κ2) is 17.8. The van der Waals surface area contributed by atoms with Crippen LogP contribution in [0.3, 0.4) is 0 Å². The first-order valence-electron chi connectivity index (χ1n) is 17.9. The van der Waals surface area contributed by atoms with E-state index < -0.39 is 18.9 Å². The molecule has 6 nitrogen and oxygen atoms in total. The molecule has 6 heteroatoms. The lowest BCUT2D eigenvalue weighted by Gasteiger charge is -2.24. The molecule has 6 aromatic carbocycles. The van der Waals surface area contributed by atoms with Gasteiger partial charge in [-0.15, -0.1) is 0 Å². The quantitative estimate of drug-likeness (QED) is 0.101. The van der Waals surface area contributed by atoms with Gasteiger partial charge in [-0.25, -0.2) is 0 Å². The van der Waals surface area contributed by atoms with Crippen molar-refractivity contribution >= 4 is 0 Å². The van der Waals surface area contributed by atoms with Crippen LogP contribution in [0.2, 0.25) is 0 Å². The van der Waals surface area contributed by atoms with Crippen molar-refractivity contribution in [2.24, 2.45) is 0 Å².